The van der Waals surface area contributed by atoms with Gasteiger partial charge in [-0.2, -0.15) is 0 Å². The Hall–Kier alpha value is -4.54. The van der Waals surface area contributed by atoms with Gasteiger partial charge in [-0.3, -0.25) is 14.4 Å². The lowest BCUT2D eigenvalue weighted by atomic mass is 10.2. The molecule has 3 amide bonds. The Morgan fingerprint density at radius 1 is 0.825 bits per heavy atom. The number of hydrogen-bond acceptors (Lipinski definition) is 7. The molecule has 3 aromatic carbocycles. The van der Waals surface area contributed by atoms with Gasteiger partial charge in [-0.1, -0.05) is 24.3 Å². The summed E-state index contributed by atoms with van der Waals surface area (Å²) < 4.78 is 11.1. The van der Waals surface area contributed by atoms with Gasteiger partial charge in [0.2, 0.25) is 5.91 Å². The molecule has 0 atom stereocenters. The number of nitrogens with one attached hydrogen (secondary N) is 3. The van der Waals surface area contributed by atoms with E-state index in [0.29, 0.717) is 41.7 Å². The van der Waals surface area contributed by atoms with E-state index in [0.717, 1.165) is 9.77 Å². The number of hydrogen-bond donors (Lipinski definition) is 3. The van der Waals surface area contributed by atoms with E-state index in [1.165, 1.54) is 23.1 Å². The zero-order valence-electron chi connectivity index (χ0n) is 21.2. The van der Waals surface area contributed by atoms with Crippen molar-refractivity contribution in [3.63, 3.8) is 0 Å². The highest BCUT2D eigenvalue weighted by atomic mass is 32.2. The van der Waals surface area contributed by atoms with Crippen molar-refractivity contribution in [1.82, 2.24) is 5.32 Å². The van der Waals surface area contributed by atoms with E-state index < -0.39 is 5.91 Å². The molecule has 3 N–H and O–H groups in total. The van der Waals surface area contributed by atoms with Crippen molar-refractivity contribution in [3.8, 4) is 11.5 Å². The third kappa shape index (κ3) is 7.31. The highest BCUT2D eigenvalue weighted by Crippen LogP contribution is 2.32. The molecule has 1 aromatic heterocycles. The molecule has 1 aliphatic rings. The molecule has 10 heteroatoms. The lowest BCUT2D eigenvalue weighted by Gasteiger charge is -2.19. The number of fused-ring (bicyclic) bond motifs is 1. The summed E-state index contributed by atoms with van der Waals surface area (Å²) in [5.41, 5.74) is 1.78. The number of carbonyl (C=O) groups excluding carboxylic acids is 3. The number of amides is 3. The van der Waals surface area contributed by atoms with Crippen LogP contribution in [-0.2, 0) is 9.59 Å². The maximum atomic E-state index is 13.1. The quantitative estimate of drug-likeness (QED) is 0.177. The van der Waals surface area contributed by atoms with E-state index in [1.54, 1.807) is 60.7 Å². The Kier molecular flexibility index (Phi) is 8.79. The molecule has 0 unspecified atom stereocenters. The summed E-state index contributed by atoms with van der Waals surface area (Å²) >= 11 is 2.83. The lowest BCUT2D eigenvalue weighted by molar-refractivity contribution is -0.114. The van der Waals surface area contributed by atoms with Crippen LogP contribution in [0, 0.1) is 0 Å². The summed E-state index contributed by atoms with van der Waals surface area (Å²) in [6.07, 6.45) is 1.64. The highest BCUT2D eigenvalue weighted by molar-refractivity contribution is 8.00. The number of rotatable bonds is 9. The summed E-state index contributed by atoms with van der Waals surface area (Å²) in [6.45, 7) is 0.987. The van der Waals surface area contributed by atoms with E-state index in [1.807, 2.05) is 35.7 Å². The Balaban J connectivity index is 1.17. The number of benzene rings is 3. The van der Waals surface area contributed by atoms with Crippen LogP contribution < -0.4 is 25.4 Å². The van der Waals surface area contributed by atoms with Gasteiger partial charge in [0.05, 0.1) is 5.75 Å². The summed E-state index contributed by atoms with van der Waals surface area (Å²) in [5, 5.41) is 10.3. The van der Waals surface area contributed by atoms with E-state index in [-0.39, 0.29) is 23.3 Å². The van der Waals surface area contributed by atoms with Gasteiger partial charge in [0.1, 0.15) is 18.9 Å². The van der Waals surface area contributed by atoms with Gasteiger partial charge >= 0.3 is 0 Å². The first kappa shape index (κ1) is 27.0. The number of thiophene rings is 1. The predicted molar refractivity (Wildman–Crippen MR) is 158 cm³/mol. The normalized spacial score (nSPS) is 12.3. The average molecular weight is 572 g/mol. The summed E-state index contributed by atoms with van der Waals surface area (Å²) in [7, 11) is 0. The van der Waals surface area contributed by atoms with Gasteiger partial charge in [0.25, 0.3) is 11.8 Å². The maximum absolute atomic E-state index is 13.1. The third-order valence-corrected chi connectivity index (χ3v) is 7.50. The smallest absolute Gasteiger partial charge is 0.272 e. The molecule has 8 nitrogen and oxygen atoms in total. The molecule has 0 spiro atoms. The Bertz CT molecular complexity index is 1520. The average Bonchev–Trinajstić information content (AvgIpc) is 3.50. The second-order valence-electron chi connectivity index (χ2n) is 8.57. The molecule has 0 saturated heterocycles. The lowest BCUT2D eigenvalue weighted by Crippen LogP contribution is -2.30. The molecule has 5 rings (SSSR count). The van der Waals surface area contributed by atoms with E-state index in [4.69, 9.17) is 9.47 Å². The third-order valence-electron chi connectivity index (χ3n) is 5.67. The number of anilines is 2. The molecule has 202 valence electrons. The Morgan fingerprint density at radius 2 is 1.57 bits per heavy atom. The molecule has 40 heavy (non-hydrogen) atoms. The van der Waals surface area contributed by atoms with Crippen LogP contribution in [0.15, 0.2) is 101 Å². The number of ether oxygens (including phenoxy) is 2. The summed E-state index contributed by atoms with van der Waals surface area (Å²) in [5.74, 6) is 0.508. The fourth-order valence-corrected chi connectivity index (χ4v) is 5.11. The number of carbonyl (C=O) groups is 3. The zero-order chi connectivity index (χ0) is 27.7. The SMILES string of the molecule is O=C(CSc1ccc(NC(=O)/C(=C\c2cccs2)NC(=O)c2ccccc2)cc1)Nc1ccc2c(c1)OCCO2. The van der Waals surface area contributed by atoms with Crippen molar-refractivity contribution in [1.29, 1.82) is 0 Å². The van der Waals surface area contributed by atoms with E-state index >= 15 is 0 Å². The molecule has 0 bridgehead atoms. The van der Waals surface area contributed by atoms with Crippen LogP contribution in [-0.4, -0.2) is 36.7 Å². The van der Waals surface area contributed by atoms with Crippen LogP contribution in [0.3, 0.4) is 0 Å². The van der Waals surface area contributed by atoms with Gasteiger partial charge in [0.15, 0.2) is 11.5 Å². The molecular weight excluding hydrogens is 546 g/mol. The fourth-order valence-electron chi connectivity index (χ4n) is 3.76. The first-order chi connectivity index (χ1) is 19.5. The van der Waals surface area contributed by atoms with Crippen LogP contribution >= 0.6 is 23.1 Å². The van der Waals surface area contributed by atoms with Crippen molar-refractivity contribution < 1.29 is 23.9 Å². The van der Waals surface area contributed by atoms with Crippen LogP contribution in [0.5, 0.6) is 11.5 Å². The minimum Gasteiger partial charge on any atom is -0.486 e. The van der Waals surface area contributed by atoms with Crippen LogP contribution in [0.25, 0.3) is 6.08 Å². The topological polar surface area (TPSA) is 106 Å². The second-order valence-corrected chi connectivity index (χ2v) is 10.6. The summed E-state index contributed by atoms with van der Waals surface area (Å²) in [6, 6.07) is 24.9. The van der Waals surface area contributed by atoms with Gasteiger partial charge in [-0.05, 0) is 66.1 Å². The molecule has 0 aliphatic carbocycles. The van der Waals surface area contributed by atoms with Crippen molar-refractivity contribution in [3.05, 3.63) is 106 Å². The molecular formula is C30H25N3O5S2. The van der Waals surface area contributed by atoms with Crippen LogP contribution in [0.1, 0.15) is 15.2 Å². The minimum atomic E-state index is -0.447. The van der Waals surface area contributed by atoms with Crippen molar-refractivity contribution in [2.45, 2.75) is 4.90 Å². The van der Waals surface area contributed by atoms with Crippen molar-refractivity contribution in [2.24, 2.45) is 0 Å². The Morgan fingerprint density at radius 3 is 2.33 bits per heavy atom. The molecule has 0 saturated carbocycles. The highest BCUT2D eigenvalue weighted by Gasteiger charge is 2.16. The van der Waals surface area contributed by atoms with Crippen molar-refractivity contribution in [2.75, 3.05) is 29.6 Å². The first-order valence-electron chi connectivity index (χ1n) is 12.4. The van der Waals surface area contributed by atoms with Gasteiger partial charge in [-0.25, -0.2) is 0 Å². The Labute approximate surface area is 239 Å². The van der Waals surface area contributed by atoms with Crippen LogP contribution in [0.4, 0.5) is 11.4 Å². The van der Waals surface area contributed by atoms with Crippen molar-refractivity contribution >= 4 is 58.3 Å². The molecule has 0 fully saturated rings. The largest absolute Gasteiger partial charge is 0.486 e. The van der Waals surface area contributed by atoms with Gasteiger partial charge in [-0.15, -0.1) is 23.1 Å². The minimum absolute atomic E-state index is 0.130. The second kappa shape index (κ2) is 13.0. The first-order valence-corrected chi connectivity index (χ1v) is 14.3. The number of thioether (sulfide) groups is 1. The standard InChI is InChI=1S/C30H25N3O5S2/c34-28(31-22-10-13-26-27(17-22)38-15-14-37-26)19-40-23-11-8-21(9-12-23)32-30(36)25(18-24-7-4-16-39-24)33-29(35)20-5-2-1-3-6-20/h1-13,16-18H,14-15,19H2,(H,31,34)(H,32,36)(H,33,35)/b25-18+. The van der Waals surface area contributed by atoms with E-state index in [2.05, 4.69) is 16.0 Å². The van der Waals surface area contributed by atoms with E-state index in [9.17, 15) is 14.4 Å². The zero-order valence-corrected chi connectivity index (χ0v) is 22.8. The molecule has 1 aliphatic heterocycles. The van der Waals surface area contributed by atoms with Gasteiger partial charge in [0, 0.05) is 32.8 Å². The van der Waals surface area contributed by atoms with Gasteiger partial charge < -0.3 is 25.4 Å². The predicted octanol–water partition coefficient (Wildman–Crippen LogP) is 5.66. The monoisotopic (exact) mass is 571 g/mol. The molecule has 2 heterocycles. The molecule has 0 radical (unpaired) electrons. The maximum Gasteiger partial charge on any atom is 0.272 e. The van der Waals surface area contributed by atoms with Crippen LogP contribution in [0.2, 0.25) is 0 Å². The summed E-state index contributed by atoms with van der Waals surface area (Å²) in [4.78, 5) is 40.0. The fraction of sp³-hybridized carbons (Fsp3) is 0.100. The molecule has 4 aromatic rings.